The lowest BCUT2D eigenvalue weighted by Gasteiger charge is -2.03. The van der Waals surface area contributed by atoms with Gasteiger partial charge in [-0.3, -0.25) is 0 Å². The summed E-state index contributed by atoms with van der Waals surface area (Å²) < 4.78 is 27.1. The lowest BCUT2D eigenvalue weighted by molar-refractivity contribution is 0.579. The third-order valence-electron chi connectivity index (χ3n) is 2.18. The van der Waals surface area contributed by atoms with Crippen LogP contribution in [0.4, 0.5) is 0 Å². The molecular formula is C9H11BrN4O2S2. The number of H-pyrrole nitrogens is 1. The van der Waals surface area contributed by atoms with E-state index in [-0.39, 0.29) is 11.4 Å². The van der Waals surface area contributed by atoms with Crippen LogP contribution in [-0.4, -0.2) is 18.4 Å². The van der Waals surface area contributed by atoms with Gasteiger partial charge in [-0.1, -0.05) is 0 Å². The Kier molecular flexibility index (Phi) is 4.17. The van der Waals surface area contributed by atoms with Gasteiger partial charge in [0.15, 0.2) is 0 Å². The van der Waals surface area contributed by atoms with E-state index in [1.54, 1.807) is 18.5 Å². The molecule has 0 fully saturated rings. The normalized spacial score (nSPS) is 11.9. The number of aromatic nitrogens is 2. The van der Waals surface area contributed by atoms with Crippen molar-refractivity contribution >= 4 is 37.3 Å². The van der Waals surface area contributed by atoms with Gasteiger partial charge in [0.1, 0.15) is 10.7 Å². The first-order valence-electron chi connectivity index (χ1n) is 4.99. The summed E-state index contributed by atoms with van der Waals surface area (Å²) in [7, 11) is -3.56. The first-order chi connectivity index (χ1) is 8.53. The van der Waals surface area contributed by atoms with E-state index >= 15 is 0 Å². The van der Waals surface area contributed by atoms with Crippen molar-refractivity contribution in [2.24, 2.45) is 5.73 Å². The van der Waals surface area contributed by atoms with Crippen molar-refractivity contribution in [1.29, 1.82) is 0 Å². The Balaban J connectivity index is 2.17. The topological polar surface area (TPSA) is 101 Å². The molecule has 2 heterocycles. The molecule has 0 saturated carbocycles. The highest BCUT2D eigenvalue weighted by atomic mass is 79.9. The van der Waals surface area contributed by atoms with E-state index in [4.69, 9.17) is 5.73 Å². The van der Waals surface area contributed by atoms with Crippen LogP contribution in [0, 0.1) is 0 Å². The number of nitrogens with one attached hydrogen (secondary N) is 2. The second-order valence-electron chi connectivity index (χ2n) is 3.42. The molecule has 0 saturated heterocycles. The summed E-state index contributed by atoms with van der Waals surface area (Å²) in [6, 6.07) is 1.57. The molecule has 0 amide bonds. The van der Waals surface area contributed by atoms with Crippen LogP contribution in [0.1, 0.15) is 10.7 Å². The fourth-order valence-electron chi connectivity index (χ4n) is 1.32. The maximum absolute atomic E-state index is 12.1. The SMILES string of the molecule is NCc1cc(S(=O)(=O)NCc2ncc[nH]2)c(Br)s1. The molecule has 0 unspecified atom stereocenters. The van der Waals surface area contributed by atoms with Crippen LogP contribution in [0.15, 0.2) is 27.1 Å². The van der Waals surface area contributed by atoms with Crippen molar-refractivity contribution in [3.8, 4) is 0 Å². The Morgan fingerprint density at radius 3 is 2.89 bits per heavy atom. The number of thiophene rings is 1. The highest BCUT2D eigenvalue weighted by molar-refractivity contribution is 9.11. The summed E-state index contributed by atoms with van der Waals surface area (Å²) in [5.74, 6) is 0.559. The second kappa shape index (κ2) is 5.49. The van der Waals surface area contributed by atoms with Crippen molar-refractivity contribution in [1.82, 2.24) is 14.7 Å². The van der Waals surface area contributed by atoms with Crippen molar-refractivity contribution < 1.29 is 8.42 Å². The Hall–Kier alpha value is -0.740. The number of hydrogen-bond acceptors (Lipinski definition) is 5. The summed E-state index contributed by atoms with van der Waals surface area (Å²) in [4.78, 5) is 7.78. The molecule has 0 aromatic carbocycles. The van der Waals surface area contributed by atoms with Gasteiger partial charge in [-0.05, 0) is 22.0 Å². The standard InChI is InChI=1S/C9H11BrN4O2S2/c10-9-7(3-6(4-11)17-9)18(15,16)14-5-8-12-1-2-13-8/h1-3,14H,4-5,11H2,(H,12,13). The molecule has 0 bridgehead atoms. The third-order valence-corrected chi connectivity index (χ3v) is 5.86. The molecule has 6 nitrogen and oxygen atoms in total. The number of nitrogens with zero attached hydrogens (tertiary/aromatic N) is 1. The van der Waals surface area contributed by atoms with Crippen LogP contribution in [0.5, 0.6) is 0 Å². The average Bonchev–Trinajstić information content (AvgIpc) is 2.95. The average molecular weight is 351 g/mol. The molecule has 0 aliphatic carbocycles. The van der Waals surface area contributed by atoms with Crippen LogP contribution < -0.4 is 10.5 Å². The summed E-state index contributed by atoms with van der Waals surface area (Å²) in [5.41, 5.74) is 5.49. The van der Waals surface area contributed by atoms with E-state index in [9.17, 15) is 8.42 Å². The van der Waals surface area contributed by atoms with Crippen LogP contribution in [0.3, 0.4) is 0 Å². The van der Waals surface area contributed by atoms with Crippen molar-refractivity contribution in [2.45, 2.75) is 18.0 Å². The number of nitrogens with two attached hydrogens (primary N) is 1. The number of rotatable bonds is 5. The van der Waals surface area contributed by atoms with E-state index in [2.05, 4.69) is 30.6 Å². The van der Waals surface area contributed by atoms with E-state index in [1.165, 1.54) is 11.3 Å². The molecule has 4 N–H and O–H groups in total. The molecule has 98 valence electrons. The Morgan fingerprint density at radius 1 is 1.56 bits per heavy atom. The van der Waals surface area contributed by atoms with Gasteiger partial charge in [-0.25, -0.2) is 18.1 Å². The molecule has 18 heavy (non-hydrogen) atoms. The van der Waals surface area contributed by atoms with Gasteiger partial charge in [0, 0.05) is 23.8 Å². The largest absolute Gasteiger partial charge is 0.347 e. The van der Waals surface area contributed by atoms with E-state index in [1.807, 2.05) is 0 Å². The molecule has 0 spiro atoms. The maximum Gasteiger partial charge on any atom is 0.242 e. The lowest BCUT2D eigenvalue weighted by atomic mass is 10.5. The van der Waals surface area contributed by atoms with E-state index in [0.29, 0.717) is 16.2 Å². The van der Waals surface area contributed by atoms with Gasteiger partial charge in [0.05, 0.1) is 10.3 Å². The first-order valence-corrected chi connectivity index (χ1v) is 8.08. The molecule has 0 radical (unpaired) electrons. The van der Waals surface area contributed by atoms with Crippen LogP contribution in [-0.2, 0) is 23.1 Å². The molecule has 0 atom stereocenters. The quantitative estimate of drug-likeness (QED) is 0.753. The highest BCUT2D eigenvalue weighted by Gasteiger charge is 2.20. The van der Waals surface area contributed by atoms with Gasteiger partial charge in [0.25, 0.3) is 0 Å². The van der Waals surface area contributed by atoms with Crippen molar-refractivity contribution in [3.63, 3.8) is 0 Å². The predicted molar refractivity (Wildman–Crippen MR) is 72.5 cm³/mol. The van der Waals surface area contributed by atoms with Gasteiger partial charge in [-0.2, -0.15) is 0 Å². The van der Waals surface area contributed by atoms with Crippen LogP contribution >= 0.6 is 27.3 Å². The zero-order chi connectivity index (χ0) is 13.2. The van der Waals surface area contributed by atoms with Crippen LogP contribution in [0.25, 0.3) is 0 Å². The lowest BCUT2D eigenvalue weighted by Crippen LogP contribution is -2.23. The number of aromatic amines is 1. The Labute approximate surface area is 117 Å². The zero-order valence-corrected chi connectivity index (χ0v) is 12.4. The minimum absolute atomic E-state index is 0.121. The van der Waals surface area contributed by atoms with Gasteiger partial charge in [0.2, 0.25) is 10.0 Å². The first kappa shape index (κ1) is 13.7. The second-order valence-corrected chi connectivity index (χ2v) is 7.61. The van der Waals surface area contributed by atoms with Gasteiger partial charge in [-0.15, -0.1) is 11.3 Å². The fraction of sp³-hybridized carbons (Fsp3) is 0.222. The number of halogens is 1. The Morgan fingerprint density at radius 2 is 2.33 bits per heavy atom. The minimum atomic E-state index is -3.56. The Bertz CT molecular complexity index is 621. The van der Waals surface area contributed by atoms with Gasteiger partial charge >= 0.3 is 0 Å². The summed E-state index contributed by atoms with van der Waals surface area (Å²) in [5, 5.41) is 0. The fourth-order valence-corrected chi connectivity index (χ4v) is 4.86. The number of hydrogen-bond donors (Lipinski definition) is 3. The molecule has 2 aromatic heterocycles. The van der Waals surface area contributed by atoms with Crippen LogP contribution in [0.2, 0.25) is 0 Å². The van der Waals surface area contributed by atoms with E-state index in [0.717, 1.165) is 4.88 Å². The smallest absolute Gasteiger partial charge is 0.242 e. The minimum Gasteiger partial charge on any atom is -0.347 e. The number of sulfonamides is 1. The maximum atomic E-state index is 12.1. The summed E-state index contributed by atoms with van der Waals surface area (Å²) in [6.07, 6.45) is 3.20. The molecule has 2 aromatic rings. The monoisotopic (exact) mass is 350 g/mol. The molecule has 9 heteroatoms. The molecule has 0 aliphatic heterocycles. The highest BCUT2D eigenvalue weighted by Crippen LogP contribution is 2.31. The molecule has 0 aliphatic rings. The summed E-state index contributed by atoms with van der Waals surface area (Å²) in [6.45, 7) is 0.437. The number of imidazole rings is 1. The molecular weight excluding hydrogens is 340 g/mol. The van der Waals surface area contributed by atoms with E-state index < -0.39 is 10.0 Å². The molecule has 2 rings (SSSR count). The van der Waals surface area contributed by atoms with Crippen molar-refractivity contribution in [3.05, 3.63) is 32.9 Å². The predicted octanol–water partition coefficient (Wildman–Crippen LogP) is 1.17. The third kappa shape index (κ3) is 2.98. The van der Waals surface area contributed by atoms with Gasteiger partial charge < -0.3 is 10.7 Å². The summed E-state index contributed by atoms with van der Waals surface area (Å²) >= 11 is 4.55. The van der Waals surface area contributed by atoms with Crippen molar-refractivity contribution in [2.75, 3.05) is 0 Å². The zero-order valence-electron chi connectivity index (χ0n) is 9.18.